The van der Waals surface area contributed by atoms with Crippen molar-refractivity contribution in [3.63, 3.8) is 0 Å². The van der Waals surface area contributed by atoms with Crippen molar-refractivity contribution in [2.75, 3.05) is 6.26 Å². The van der Waals surface area contributed by atoms with E-state index in [1.807, 2.05) is 0 Å². The largest absolute Gasteiger partial charge is 0.417 e. The number of imidazole rings is 1. The van der Waals surface area contributed by atoms with E-state index in [2.05, 4.69) is 4.98 Å². The third kappa shape index (κ3) is 5.16. The fourth-order valence-corrected chi connectivity index (χ4v) is 4.40. The van der Waals surface area contributed by atoms with Crippen molar-refractivity contribution < 1.29 is 26.7 Å². The van der Waals surface area contributed by atoms with Gasteiger partial charge in [0.2, 0.25) is 0 Å². The molecule has 1 heterocycles. The van der Waals surface area contributed by atoms with Gasteiger partial charge in [0.1, 0.15) is 11.4 Å². The molecule has 0 atom stereocenters. The second kappa shape index (κ2) is 8.66. The van der Waals surface area contributed by atoms with Gasteiger partial charge in [-0.1, -0.05) is 42.5 Å². The van der Waals surface area contributed by atoms with E-state index in [1.54, 1.807) is 42.5 Å². The molecule has 0 bridgehead atoms. The van der Waals surface area contributed by atoms with Gasteiger partial charge in [0, 0.05) is 23.7 Å². The number of hydrogen-bond donors (Lipinski definition) is 1. The third-order valence-corrected chi connectivity index (χ3v) is 6.64. The van der Waals surface area contributed by atoms with Crippen LogP contribution in [0.15, 0.2) is 83.9 Å². The first-order valence-electron chi connectivity index (χ1n) is 10.6. The average molecular weight is 501 g/mol. The molecular formula is C26H23F3N2O3S. The molecule has 0 spiro atoms. The quantitative estimate of drug-likeness (QED) is 0.373. The number of aromatic nitrogens is 2. The van der Waals surface area contributed by atoms with Crippen LogP contribution in [0.25, 0.3) is 28.2 Å². The maximum absolute atomic E-state index is 13.8. The van der Waals surface area contributed by atoms with Gasteiger partial charge in [0.15, 0.2) is 9.84 Å². The molecule has 0 radical (unpaired) electrons. The molecule has 5 nitrogen and oxygen atoms in total. The van der Waals surface area contributed by atoms with Crippen molar-refractivity contribution in [3.05, 3.63) is 90.3 Å². The zero-order valence-electron chi connectivity index (χ0n) is 19.2. The molecule has 1 N–H and O–H groups in total. The number of aliphatic hydroxyl groups is 1. The minimum atomic E-state index is -4.60. The first-order valence-corrected chi connectivity index (χ1v) is 12.5. The van der Waals surface area contributed by atoms with Crippen molar-refractivity contribution in [1.29, 1.82) is 0 Å². The predicted molar refractivity (Wildman–Crippen MR) is 128 cm³/mol. The SMILES string of the molecule is CC(C)(O)c1cn(-c2cccc(-c3cccc(S(C)(=O)=O)c3)c2)c(-c2ccccc2C(F)(F)F)n1. The first kappa shape index (κ1) is 24.7. The molecule has 0 saturated heterocycles. The summed E-state index contributed by atoms with van der Waals surface area (Å²) in [5, 5.41) is 10.5. The van der Waals surface area contributed by atoms with Crippen molar-refractivity contribution in [3.8, 4) is 28.2 Å². The molecule has 0 fully saturated rings. The lowest BCUT2D eigenvalue weighted by molar-refractivity contribution is -0.137. The molecule has 9 heteroatoms. The Morgan fingerprint density at radius 1 is 0.886 bits per heavy atom. The molecular weight excluding hydrogens is 477 g/mol. The molecule has 0 aliphatic rings. The molecule has 0 aliphatic heterocycles. The lowest BCUT2D eigenvalue weighted by Crippen LogP contribution is -2.15. The fourth-order valence-electron chi connectivity index (χ4n) is 3.73. The van der Waals surface area contributed by atoms with Crippen molar-refractivity contribution >= 4 is 9.84 Å². The Labute approximate surface area is 201 Å². The van der Waals surface area contributed by atoms with Crippen LogP contribution >= 0.6 is 0 Å². The molecule has 4 aromatic rings. The lowest BCUT2D eigenvalue weighted by atomic mass is 10.0. The zero-order valence-corrected chi connectivity index (χ0v) is 20.0. The second-order valence-corrected chi connectivity index (χ2v) is 10.8. The van der Waals surface area contributed by atoms with Crippen LogP contribution in [-0.4, -0.2) is 29.3 Å². The number of alkyl halides is 3. The number of hydrogen-bond acceptors (Lipinski definition) is 4. The summed E-state index contributed by atoms with van der Waals surface area (Å²) in [5.41, 5.74) is -0.354. The van der Waals surface area contributed by atoms with E-state index < -0.39 is 27.2 Å². The Morgan fingerprint density at radius 3 is 2.14 bits per heavy atom. The van der Waals surface area contributed by atoms with Gasteiger partial charge in [-0.05, 0) is 55.3 Å². The van der Waals surface area contributed by atoms with Crippen molar-refractivity contribution in [2.45, 2.75) is 30.5 Å². The van der Waals surface area contributed by atoms with Gasteiger partial charge < -0.3 is 5.11 Å². The molecule has 0 aliphatic carbocycles. The van der Waals surface area contributed by atoms with Crippen LogP contribution in [0.5, 0.6) is 0 Å². The normalized spacial score (nSPS) is 12.7. The Bertz CT molecular complexity index is 1500. The maximum Gasteiger partial charge on any atom is 0.417 e. The van der Waals surface area contributed by atoms with Crippen molar-refractivity contribution in [2.24, 2.45) is 0 Å². The summed E-state index contributed by atoms with van der Waals surface area (Å²) < 4.78 is 66.9. The Morgan fingerprint density at radius 2 is 1.51 bits per heavy atom. The van der Waals surface area contributed by atoms with E-state index in [4.69, 9.17) is 0 Å². The van der Waals surface area contributed by atoms with Gasteiger partial charge in [-0.15, -0.1) is 0 Å². The summed E-state index contributed by atoms with van der Waals surface area (Å²) >= 11 is 0. The lowest BCUT2D eigenvalue weighted by Gasteiger charge is -2.15. The molecule has 4 rings (SSSR count). The van der Waals surface area contributed by atoms with Gasteiger partial charge >= 0.3 is 6.18 Å². The van der Waals surface area contributed by atoms with Gasteiger partial charge in [-0.2, -0.15) is 13.2 Å². The smallest absolute Gasteiger partial charge is 0.384 e. The van der Waals surface area contributed by atoms with E-state index in [-0.39, 0.29) is 22.0 Å². The van der Waals surface area contributed by atoms with Crippen LogP contribution < -0.4 is 0 Å². The van der Waals surface area contributed by atoms with Gasteiger partial charge in [-0.25, -0.2) is 13.4 Å². The molecule has 35 heavy (non-hydrogen) atoms. The zero-order chi connectivity index (χ0) is 25.6. The highest BCUT2D eigenvalue weighted by atomic mass is 32.2. The summed E-state index contributed by atoms with van der Waals surface area (Å²) in [4.78, 5) is 4.54. The second-order valence-electron chi connectivity index (χ2n) is 8.77. The highest BCUT2D eigenvalue weighted by Crippen LogP contribution is 2.38. The number of nitrogens with zero attached hydrogens (tertiary/aromatic N) is 2. The monoisotopic (exact) mass is 500 g/mol. The maximum atomic E-state index is 13.8. The van der Waals surface area contributed by atoms with Crippen LogP contribution in [-0.2, 0) is 21.6 Å². The number of sulfone groups is 1. The van der Waals surface area contributed by atoms with Crippen LogP contribution in [0.3, 0.4) is 0 Å². The highest BCUT2D eigenvalue weighted by molar-refractivity contribution is 7.90. The molecule has 0 unspecified atom stereocenters. The van der Waals surface area contributed by atoms with E-state index in [1.165, 1.54) is 48.9 Å². The topological polar surface area (TPSA) is 72.2 Å². The molecule has 1 aromatic heterocycles. The molecule has 0 amide bonds. The fraction of sp³-hybridized carbons (Fsp3) is 0.192. The third-order valence-electron chi connectivity index (χ3n) is 5.53. The molecule has 182 valence electrons. The van der Waals surface area contributed by atoms with E-state index in [0.717, 1.165) is 12.3 Å². The summed E-state index contributed by atoms with van der Waals surface area (Å²) in [6.45, 7) is 3.01. The standard InChI is InChI=1S/C26H23F3N2O3S/c1-25(2,32)23-16-31(24(30-23)21-12-4-5-13-22(21)26(27,28)29)19-10-6-8-17(14-19)18-9-7-11-20(15-18)35(3,33)34/h4-16,32H,1-3H3. The molecule has 3 aromatic carbocycles. The highest BCUT2D eigenvalue weighted by Gasteiger charge is 2.35. The summed E-state index contributed by atoms with van der Waals surface area (Å²) in [6.07, 6.45) is -1.97. The number of halogens is 3. The minimum Gasteiger partial charge on any atom is -0.384 e. The van der Waals surface area contributed by atoms with E-state index in [0.29, 0.717) is 16.8 Å². The Kier molecular flexibility index (Phi) is 6.11. The Hall–Kier alpha value is -3.43. The first-order chi connectivity index (χ1) is 16.2. The van der Waals surface area contributed by atoms with Gasteiger partial charge in [0.25, 0.3) is 0 Å². The minimum absolute atomic E-state index is 0.0251. The summed E-state index contributed by atoms with van der Waals surface area (Å²) in [7, 11) is -3.42. The number of benzene rings is 3. The van der Waals surface area contributed by atoms with Gasteiger partial charge in [-0.3, -0.25) is 4.57 Å². The van der Waals surface area contributed by atoms with Crippen LogP contribution in [0, 0.1) is 0 Å². The Balaban J connectivity index is 1.92. The van der Waals surface area contributed by atoms with E-state index >= 15 is 0 Å². The van der Waals surface area contributed by atoms with Gasteiger partial charge in [0.05, 0.1) is 16.2 Å². The average Bonchev–Trinajstić information content (AvgIpc) is 3.24. The predicted octanol–water partition coefficient (Wildman–Crippen LogP) is 5.86. The van der Waals surface area contributed by atoms with Crippen molar-refractivity contribution in [1.82, 2.24) is 9.55 Å². The van der Waals surface area contributed by atoms with E-state index in [9.17, 15) is 26.7 Å². The molecule has 0 saturated carbocycles. The number of rotatable bonds is 5. The summed E-state index contributed by atoms with van der Waals surface area (Å²) in [6, 6.07) is 18.5. The summed E-state index contributed by atoms with van der Waals surface area (Å²) in [5.74, 6) is 0.0251. The van der Waals surface area contributed by atoms with Crippen LogP contribution in [0.4, 0.5) is 13.2 Å². The van der Waals surface area contributed by atoms with Crippen LogP contribution in [0.2, 0.25) is 0 Å². The van der Waals surface area contributed by atoms with Crippen LogP contribution in [0.1, 0.15) is 25.1 Å².